The molecule has 0 bridgehead atoms. The van der Waals surface area contributed by atoms with Crippen LogP contribution in [-0.4, -0.2) is 18.4 Å². The van der Waals surface area contributed by atoms with Crippen LogP contribution in [0.3, 0.4) is 0 Å². The molecule has 156 valence electrons. The maximum Gasteiger partial charge on any atom is 0.276 e. The lowest BCUT2D eigenvalue weighted by atomic mass is 10.1. The van der Waals surface area contributed by atoms with Gasteiger partial charge in [-0.05, 0) is 54.1 Å². The Bertz CT molecular complexity index is 1090. The molecule has 3 aromatic carbocycles. The van der Waals surface area contributed by atoms with Gasteiger partial charge in [0.1, 0.15) is 24.2 Å². The lowest BCUT2D eigenvalue weighted by Gasteiger charge is -2.10. The van der Waals surface area contributed by atoms with Crippen molar-refractivity contribution >= 4 is 23.4 Å². The van der Waals surface area contributed by atoms with Crippen LogP contribution >= 0.6 is 11.6 Å². The first-order chi connectivity index (χ1) is 15.0. The van der Waals surface area contributed by atoms with E-state index in [2.05, 4.69) is 10.9 Å². The summed E-state index contributed by atoms with van der Waals surface area (Å²) in [7, 11) is 0. The number of rotatable bonds is 7. The van der Waals surface area contributed by atoms with Crippen LogP contribution in [0.15, 0.2) is 72.8 Å². The van der Waals surface area contributed by atoms with Crippen molar-refractivity contribution in [2.24, 2.45) is 0 Å². The van der Waals surface area contributed by atoms with Crippen molar-refractivity contribution in [1.29, 1.82) is 5.26 Å². The Morgan fingerprint density at radius 2 is 1.61 bits per heavy atom. The maximum absolute atomic E-state index is 12.2. The minimum atomic E-state index is -0.561. The van der Waals surface area contributed by atoms with Crippen LogP contribution in [0, 0.1) is 11.3 Å². The predicted octanol–water partition coefficient (Wildman–Crippen LogP) is 3.63. The first-order valence-corrected chi connectivity index (χ1v) is 9.61. The molecule has 0 saturated heterocycles. The van der Waals surface area contributed by atoms with Crippen LogP contribution in [0.2, 0.25) is 5.02 Å². The molecule has 31 heavy (non-hydrogen) atoms. The molecule has 0 fully saturated rings. The molecule has 2 amide bonds. The second-order valence-electron chi connectivity index (χ2n) is 6.34. The first kappa shape index (κ1) is 21.7. The average molecular weight is 436 g/mol. The van der Waals surface area contributed by atoms with E-state index in [4.69, 9.17) is 26.3 Å². The number of hydrazine groups is 1. The fraction of sp³-hybridized carbons (Fsp3) is 0.0870. The van der Waals surface area contributed by atoms with Crippen LogP contribution in [0.25, 0.3) is 0 Å². The molecule has 0 unspecified atom stereocenters. The Morgan fingerprint density at radius 1 is 0.903 bits per heavy atom. The van der Waals surface area contributed by atoms with Crippen molar-refractivity contribution < 1.29 is 19.1 Å². The van der Waals surface area contributed by atoms with E-state index in [1.807, 2.05) is 6.07 Å². The molecule has 0 aliphatic rings. The second-order valence-corrected chi connectivity index (χ2v) is 6.77. The Hall–Kier alpha value is -4.02. The van der Waals surface area contributed by atoms with Crippen LogP contribution < -0.4 is 20.3 Å². The van der Waals surface area contributed by atoms with Gasteiger partial charge in [0.25, 0.3) is 11.8 Å². The highest BCUT2D eigenvalue weighted by Crippen LogP contribution is 2.17. The highest BCUT2D eigenvalue weighted by molar-refractivity contribution is 6.30. The molecule has 0 heterocycles. The minimum absolute atomic E-state index is 0.294. The van der Waals surface area contributed by atoms with Crippen LogP contribution in [-0.2, 0) is 11.4 Å². The summed E-state index contributed by atoms with van der Waals surface area (Å²) in [6, 6.07) is 22.3. The number of amides is 2. The fourth-order valence-corrected chi connectivity index (χ4v) is 2.64. The molecule has 8 heteroatoms. The highest BCUT2D eigenvalue weighted by Gasteiger charge is 2.09. The van der Waals surface area contributed by atoms with Gasteiger partial charge in [-0.3, -0.25) is 20.4 Å². The molecule has 0 aliphatic carbocycles. The molecule has 0 aromatic heterocycles. The Kier molecular flexibility index (Phi) is 7.46. The summed E-state index contributed by atoms with van der Waals surface area (Å²) in [6.45, 7) is -0.0122. The number of hydrogen-bond donors (Lipinski definition) is 2. The molecule has 0 radical (unpaired) electrons. The van der Waals surface area contributed by atoms with Gasteiger partial charge >= 0.3 is 0 Å². The number of benzene rings is 3. The van der Waals surface area contributed by atoms with E-state index >= 15 is 0 Å². The monoisotopic (exact) mass is 435 g/mol. The number of nitrogens with one attached hydrogen (secondary N) is 2. The lowest BCUT2D eigenvalue weighted by Crippen LogP contribution is -2.43. The quantitative estimate of drug-likeness (QED) is 0.552. The number of nitriles is 1. The summed E-state index contributed by atoms with van der Waals surface area (Å²) in [5.74, 6) is -0.0542. The molecule has 3 rings (SSSR count). The third kappa shape index (κ3) is 6.49. The number of nitrogens with zero attached hydrogens (tertiary/aromatic N) is 1. The minimum Gasteiger partial charge on any atom is -0.489 e. The molecule has 3 aromatic rings. The third-order valence-corrected chi connectivity index (χ3v) is 4.37. The zero-order chi connectivity index (χ0) is 22.1. The van der Waals surface area contributed by atoms with Crippen molar-refractivity contribution in [1.82, 2.24) is 10.9 Å². The van der Waals surface area contributed by atoms with E-state index in [1.54, 1.807) is 72.8 Å². The molecule has 0 atom stereocenters. The van der Waals surface area contributed by atoms with Crippen molar-refractivity contribution in [2.45, 2.75) is 6.61 Å². The zero-order valence-electron chi connectivity index (χ0n) is 16.3. The van der Waals surface area contributed by atoms with E-state index in [0.717, 1.165) is 5.56 Å². The Labute approximate surface area is 184 Å². The molecular weight excluding hydrogens is 418 g/mol. The van der Waals surface area contributed by atoms with Gasteiger partial charge < -0.3 is 9.47 Å². The van der Waals surface area contributed by atoms with Gasteiger partial charge in [-0.15, -0.1) is 0 Å². The smallest absolute Gasteiger partial charge is 0.276 e. The topological polar surface area (TPSA) is 100 Å². The van der Waals surface area contributed by atoms with Gasteiger partial charge in [-0.1, -0.05) is 35.9 Å². The average Bonchev–Trinajstić information content (AvgIpc) is 2.81. The number of hydrogen-bond acceptors (Lipinski definition) is 5. The van der Waals surface area contributed by atoms with Crippen LogP contribution in [0.4, 0.5) is 0 Å². The van der Waals surface area contributed by atoms with Gasteiger partial charge in [0, 0.05) is 10.6 Å². The van der Waals surface area contributed by atoms with E-state index in [0.29, 0.717) is 34.3 Å². The molecule has 0 spiro atoms. The molecule has 7 nitrogen and oxygen atoms in total. The van der Waals surface area contributed by atoms with Crippen molar-refractivity contribution in [3.05, 3.63) is 94.5 Å². The number of ether oxygens (including phenoxy) is 2. The molecule has 0 aliphatic heterocycles. The van der Waals surface area contributed by atoms with Gasteiger partial charge in [0.05, 0.1) is 5.56 Å². The van der Waals surface area contributed by atoms with Crippen LogP contribution in [0.5, 0.6) is 11.5 Å². The summed E-state index contributed by atoms with van der Waals surface area (Å²) in [5.41, 5.74) is 6.15. The molecule has 2 N–H and O–H groups in total. The Balaban J connectivity index is 1.44. The SMILES string of the molecule is N#Cc1ccccc1OCC(=O)NNC(=O)c1ccc(COc2ccc(Cl)cc2)cc1. The summed E-state index contributed by atoms with van der Waals surface area (Å²) in [6.07, 6.45) is 0. The highest BCUT2D eigenvalue weighted by atomic mass is 35.5. The summed E-state index contributed by atoms with van der Waals surface area (Å²) < 4.78 is 11.0. The Morgan fingerprint density at radius 3 is 2.32 bits per heavy atom. The van der Waals surface area contributed by atoms with Crippen molar-refractivity contribution in [3.8, 4) is 17.6 Å². The van der Waals surface area contributed by atoms with E-state index in [-0.39, 0.29) is 6.61 Å². The van der Waals surface area contributed by atoms with Gasteiger partial charge in [0.2, 0.25) is 0 Å². The number of carbonyl (C=O) groups excluding carboxylic acids is 2. The zero-order valence-corrected chi connectivity index (χ0v) is 17.1. The normalized spacial score (nSPS) is 9.94. The van der Waals surface area contributed by atoms with Crippen molar-refractivity contribution in [2.75, 3.05) is 6.61 Å². The van der Waals surface area contributed by atoms with E-state index < -0.39 is 11.8 Å². The van der Waals surface area contributed by atoms with Gasteiger partial charge in [-0.25, -0.2) is 0 Å². The van der Waals surface area contributed by atoms with Crippen molar-refractivity contribution in [3.63, 3.8) is 0 Å². The predicted molar refractivity (Wildman–Crippen MR) is 114 cm³/mol. The van der Waals surface area contributed by atoms with Gasteiger partial charge in [-0.2, -0.15) is 5.26 Å². The summed E-state index contributed by atoms with van der Waals surface area (Å²) in [5, 5.41) is 9.64. The maximum atomic E-state index is 12.2. The fourth-order valence-electron chi connectivity index (χ4n) is 2.51. The van der Waals surface area contributed by atoms with E-state index in [9.17, 15) is 9.59 Å². The summed E-state index contributed by atoms with van der Waals surface area (Å²) in [4.78, 5) is 24.1. The van der Waals surface area contributed by atoms with E-state index in [1.165, 1.54) is 0 Å². The standard InChI is InChI=1S/C23H18ClN3O4/c24-19-9-11-20(12-10-19)30-14-16-5-7-17(8-6-16)23(29)27-26-22(28)15-31-21-4-2-1-3-18(21)13-25/h1-12H,14-15H2,(H,26,28)(H,27,29). The summed E-state index contributed by atoms with van der Waals surface area (Å²) >= 11 is 5.84. The first-order valence-electron chi connectivity index (χ1n) is 9.23. The van der Waals surface area contributed by atoms with Gasteiger partial charge in [0.15, 0.2) is 6.61 Å². The second kappa shape index (κ2) is 10.7. The number of halogens is 1. The largest absolute Gasteiger partial charge is 0.489 e. The van der Waals surface area contributed by atoms with Crippen LogP contribution in [0.1, 0.15) is 21.5 Å². The lowest BCUT2D eigenvalue weighted by molar-refractivity contribution is -0.123. The molecular formula is C23H18ClN3O4. The third-order valence-electron chi connectivity index (χ3n) is 4.12. The number of carbonyl (C=O) groups is 2. The molecule has 0 saturated carbocycles. The number of para-hydroxylation sites is 1.